The van der Waals surface area contributed by atoms with E-state index in [9.17, 15) is 8.42 Å². The number of hydrogen-bond donors (Lipinski definition) is 0. The molecule has 0 N–H and O–H groups in total. The van der Waals surface area contributed by atoms with Crippen LogP contribution < -0.4 is 0 Å². The van der Waals surface area contributed by atoms with Crippen LogP contribution in [0.2, 0.25) is 5.02 Å². The molecule has 0 spiro atoms. The van der Waals surface area contributed by atoms with Crippen LogP contribution in [0.4, 0.5) is 0 Å². The Morgan fingerprint density at radius 3 is 2.42 bits per heavy atom. The van der Waals surface area contributed by atoms with Crippen molar-refractivity contribution in [3.8, 4) is 0 Å². The molecule has 8 heteroatoms. The number of nitrogens with zero attached hydrogens (tertiary/aromatic N) is 3. The maximum Gasteiger partial charge on any atom is 0.243 e. The minimum Gasteiger partial charge on any atom is -0.356 e. The first-order valence-electron chi connectivity index (χ1n) is 8.35. The molecule has 1 aliphatic rings. The predicted octanol–water partition coefficient (Wildman–Crippen LogP) is 2.99. The van der Waals surface area contributed by atoms with Crippen LogP contribution in [0.15, 0.2) is 57.9 Å². The van der Waals surface area contributed by atoms with E-state index in [4.69, 9.17) is 16.1 Å². The second-order valence-electron chi connectivity index (χ2n) is 6.26. The molecule has 6 nitrogen and oxygen atoms in total. The van der Waals surface area contributed by atoms with Crippen LogP contribution in [-0.2, 0) is 16.6 Å². The minimum absolute atomic E-state index is 0.276. The van der Waals surface area contributed by atoms with Gasteiger partial charge < -0.3 is 4.52 Å². The monoisotopic (exact) mass is 391 g/mol. The van der Waals surface area contributed by atoms with Crippen molar-refractivity contribution in [3.63, 3.8) is 0 Å². The van der Waals surface area contributed by atoms with E-state index in [1.165, 1.54) is 4.31 Å². The molecule has 4 rings (SSSR count). The van der Waals surface area contributed by atoms with Gasteiger partial charge in [-0.2, -0.15) is 4.31 Å². The summed E-state index contributed by atoms with van der Waals surface area (Å²) in [5.74, 6) is 0. The molecule has 0 atom stereocenters. The van der Waals surface area contributed by atoms with Gasteiger partial charge in [-0.15, -0.1) is 0 Å². The zero-order valence-corrected chi connectivity index (χ0v) is 15.6. The van der Waals surface area contributed by atoms with Gasteiger partial charge >= 0.3 is 0 Å². The number of piperazine rings is 1. The molecule has 2 heterocycles. The predicted molar refractivity (Wildman–Crippen MR) is 99.5 cm³/mol. The molecule has 0 radical (unpaired) electrons. The summed E-state index contributed by atoms with van der Waals surface area (Å²) in [6.07, 6.45) is 0. The quantitative estimate of drug-likeness (QED) is 0.684. The van der Waals surface area contributed by atoms with E-state index in [2.05, 4.69) is 10.1 Å². The largest absolute Gasteiger partial charge is 0.356 e. The summed E-state index contributed by atoms with van der Waals surface area (Å²) < 4.78 is 32.3. The highest BCUT2D eigenvalue weighted by molar-refractivity contribution is 7.89. The Labute approximate surface area is 157 Å². The van der Waals surface area contributed by atoms with Gasteiger partial charge in [-0.3, -0.25) is 4.90 Å². The Morgan fingerprint density at radius 1 is 1.00 bits per heavy atom. The highest BCUT2D eigenvalue weighted by Gasteiger charge is 2.28. The highest BCUT2D eigenvalue weighted by atomic mass is 35.5. The van der Waals surface area contributed by atoms with Crippen LogP contribution in [0, 0.1) is 0 Å². The zero-order chi connectivity index (χ0) is 18.1. The van der Waals surface area contributed by atoms with Gasteiger partial charge in [0.2, 0.25) is 10.0 Å². The van der Waals surface area contributed by atoms with Gasteiger partial charge in [-0.05, 0) is 36.4 Å². The van der Waals surface area contributed by atoms with E-state index in [1.807, 2.05) is 24.3 Å². The lowest BCUT2D eigenvalue weighted by Crippen LogP contribution is -2.48. The van der Waals surface area contributed by atoms with Gasteiger partial charge in [0.15, 0.2) is 5.58 Å². The summed E-state index contributed by atoms with van der Waals surface area (Å²) in [6.45, 7) is 2.83. The lowest BCUT2D eigenvalue weighted by atomic mass is 10.2. The highest BCUT2D eigenvalue weighted by Crippen LogP contribution is 2.22. The molecular formula is C18H18ClN3O3S. The first kappa shape index (κ1) is 17.5. The second-order valence-corrected chi connectivity index (χ2v) is 8.63. The van der Waals surface area contributed by atoms with Crippen LogP contribution in [0.1, 0.15) is 5.69 Å². The third-order valence-electron chi connectivity index (χ3n) is 4.61. The molecule has 26 heavy (non-hydrogen) atoms. The summed E-state index contributed by atoms with van der Waals surface area (Å²) in [7, 11) is -3.49. The number of fused-ring (bicyclic) bond motifs is 1. The maximum atomic E-state index is 12.7. The number of sulfonamides is 1. The molecule has 1 saturated heterocycles. The number of halogens is 1. The number of aromatic nitrogens is 1. The van der Waals surface area contributed by atoms with Crippen molar-refractivity contribution >= 4 is 32.6 Å². The number of para-hydroxylation sites is 1. The van der Waals surface area contributed by atoms with Gasteiger partial charge in [0.05, 0.1) is 4.90 Å². The van der Waals surface area contributed by atoms with Crippen LogP contribution in [0.25, 0.3) is 11.0 Å². The maximum absolute atomic E-state index is 12.7. The van der Waals surface area contributed by atoms with Crippen molar-refractivity contribution in [1.29, 1.82) is 0 Å². The Morgan fingerprint density at radius 2 is 1.69 bits per heavy atom. The average molecular weight is 392 g/mol. The number of benzene rings is 2. The summed E-state index contributed by atoms with van der Waals surface area (Å²) in [6, 6.07) is 14.0. The fourth-order valence-electron chi connectivity index (χ4n) is 3.15. The van der Waals surface area contributed by atoms with Gasteiger partial charge in [-0.1, -0.05) is 28.9 Å². The van der Waals surface area contributed by atoms with E-state index >= 15 is 0 Å². The van der Waals surface area contributed by atoms with Crippen LogP contribution in [-0.4, -0.2) is 49.0 Å². The molecule has 0 aliphatic carbocycles. The normalized spacial score (nSPS) is 17.0. The van der Waals surface area contributed by atoms with E-state index in [-0.39, 0.29) is 4.90 Å². The summed E-state index contributed by atoms with van der Waals surface area (Å²) in [5.41, 5.74) is 1.65. The van der Waals surface area contributed by atoms with Gasteiger partial charge in [0, 0.05) is 43.1 Å². The molecule has 3 aromatic rings. The fraction of sp³-hybridized carbons (Fsp3) is 0.278. The average Bonchev–Trinajstić information content (AvgIpc) is 3.06. The number of hydrogen-bond acceptors (Lipinski definition) is 5. The minimum atomic E-state index is -3.49. The van der Waals surface area contributed by atoms with E-state index < -0.39 is 10.0 Å². The summed E-state index contributed by atoms with van der Waals surface area (Å²) >= 11 is 5.85. The Balaban J connectivity index is 1.43. The van der Waals surface area contributed by atoms with E-state index in [0.29, 0.717) is 37.7 Å². The molecule has 0 unspecified atom stereocenters. The number of rotatable bonds is 4. The second kappa shape index (κ2) is 7.00. The molecule has 0 bridgehead atoms. The Kier molecular flexibility index (Phi) is 4.71. The SMILES string of the molecule is O=S(=O)(c1ccc(Cl)cc1)N1CCN(Cc2noc3ccccc23)CC1. The van der Waals surface area contributed by atoms with Crippen molar-refractivity contribution in [3.05, 3.63) is 59.2 Å². The zero-order valence-electron chi connectivity index (χ0n) is 14.0. The van der Waals surface area contributed by atoms with E-state index in [1.54, 1.807) is 24.3 Å². The molecule has 0 saturated carbocycles. The summed E-state index contributed by atoms with van der Waals surface area (Å²) in [5, 5.41) is 5.68. The smallest absolute Gasteiger partial charge is 0.243 e. The van der Waals surface area contributed by atoms with Crippen molar-refractivity contribution in [2.24, 2.45) is 0 Å². The third-order valence-corrected chi connectivity index (χ3v) is 6.77. The molecule has 0 amide bonds. The third kappa shape index (κ3) is 3.35. The standard InChI is InChI=1S/C18H18ClN3O3S/c19-14-5-7-15(8-6-14)26(23,24)22-11-9-21(10-12-22)13-17-16-3-1-2-4-18(16)25-20-17/h1-8H,9-13H2. The topological polar surface area (TPSA) is 66.7 Å². The fourth-order valence-corrected chi connectivity index (χ4v) is 4.70. The molecule has 136 valence electrons. The van der Waals surface area contributed by atoms with Crippen molar-refractivity contribution in [1.82, 2.24) is 14.4 Å². The molecule has 1 fully saturated rings. The lowest BCUT2D eigenvalue weighted by Gasteiger charge is -2.33. The van der Waals surface area contributed by atoms with Crippen molar-refractivity contribution < 1.29 is 12.9 Å². The van der Waals surface area contributed by atoms with Gasteiger partial charge in [-0.25, -0.2) is 8.42 Å². The van der Waals surface area contributed by atoms with Crippen molar-refractivity contribution in [2.75, 3.05) is 26.2 Å². The molecule has 2 aromatic carbocycles. The van der Waals surface area contributed by atoms with E-state index in [0.717, 1.165) is 16.7 Å². The Hall–Kier alpha value is -1.93. The van der Waals surface area contributed by atoms with Crippen LogP contribution in [0.5, 0.6) is 0 Å². The van der Waals surface area contributed by atoms with Gasteiger partial charge in [0.1, 0.15) is 5.69 Å². The molecule has 1 aliphatic heterocycles. The lowest BCUT2D eigenvalue weighted by molar-refractivity contribution is 0.178. The Bertz CT molecular complexity index is 1010. The molecule has 1 aromatic heterocycles. The van der Waals surface area contributed by atoms with Crippen molar-refractivity contribution in [2.45, 2.75) is 11.4 Å². The van der Waals surface area contributed by atoms with Gasteiger partial charge in [0.25, 0.3) is 0 Å². The molecular weight excluding hydrogens is 374 g/mol. The summed E-state index contributed by atoms with van der Waals surface area (Å²) in [4.78, 5) is 2.47. The first-order chi connectivity index (χ1) is 12.5. The van der Waals surface area contributed by atoms with Crippen LogP contribution in [0.3, 0.4) is 0 Å². The first-order valence-corrected chi connectivity index (χ1v) is 10.2. The van der Waals surface area contributed by atoms with Crippen LogP contribution >= 0.6 is 11.6 Å².